The van der Waals surface area contributed by atoms with Gasteiger partial charge < -0.3 is 14.8 Å². The Morgan fingerprint density at radius 1 is 1.24 bits per heavy atom. The van der Waals surface area contributed by atoms with Crippen LogP contribution in [-0.2, 0) is 19.4 Å². The summed E-state index contributed by atoms with van der Waals surface area (Å²) in [7, 11) is 1.63. The van der Waals surface area contributed by atoms with Crippen LogP contribution in [0.15, 0.2) is 36.5 Å². The third-order valence-corrected chi connectivity index (χ3v) is 3.68. The highest BCUT2D eigenvalue weighted by molar-refractivity contribution is 5.39. The van der Waals surface area contributed by atoms with Crippen LogP contribution in [0.25, 0.3) is 0 Å². The van der Waals surface area contributed by atoms with Crippen LogP contribution in [0.1, 0.15) is 16.7 Å². The van der Waals surface area contributed by atoms with Gasteiger partial charge in [0.05, 0.1) is 13.7 Å². The van der Waals surface area contributed by atoms with E-state index in [1.165, 1.54) is 11.1 Å². The molecule has 2 heterocycles. The van der Waals surface area contributed by atoms with Gasteiger partial charge in [-0.15, -0.1) is 0 Å². The number of hydrogen-bond donors (Lipinski definition) is 1. The fourth-order valence-electron chi connectivity index (χ4n) is 2.50. The van der Waals surface area contributed by atoms with Gasteiger partial charge in [-0.3, -0.25) is 0 Å². The zero-order valence-electron chi connectivity index (χ0n) is 12.3. The van der Waals surface area contributed by atoms with Gasteiger partial charge in [0.2, 0.25) is 5.88 Å². The molecule has 1 N–H and O–H groups in total. The summed E-state index contributed by atoms with van der Waals surface area (Å²) in [6, 6.07) is 10.4. The van der Waals surface area contributed by atoms with Crippen molar-refractivity contribution in [1.29, 1.82) is 0 Å². The Morgan fingerprint density at radius 2 is 2.14 bits per heavy atom. The molecule has 0 unspecified atom stereocenters. The molecule has 0 atom stereocenters. The lowest BCUT2D eigenvalue weighted by Crippen LogP contribution is -2.16. The molecule has 0 spiro atoms. The molecule has 1 aliphatic rings. The molecule has 1 aliphatic heterocycles. The lowest BCUT2D eigenvalue weighted by atomic mass is 10.1. The molecular formula is C17H20N2O2. The summed E-state index contributed by atoms with van der Waals surface area (Å²) >= 11 is 0. The first-order valence-corrected chi connectivity index (χ1v) is 7.29. The number of benzene rings is 1. The molecule has 1 aromatic heterocycles. The van der Waals surface area contributed by atoms with Crippen molar-refractivity contribution < 1.29 is 9.47 Å². The van der Waals surface area contributed by atoms with E-state index in [4.69, 9.17) is 9.47 Å². The van der Waals surface area contributed by atoms with Crippen LogP contribution < -0.4 is 14.8 Å². The summed E-state index contributed by atoms with van der Waals surface area (Å²) in [5, 5.41) is 3.44. The first kappa shape index (κ1) is 13.9. The number of hydrogen-bond acceptors (Lipinski definition) is 4. The van der Waals surface area contributed by atoms with Crippen LogP contribution >= 0.6 is 0 Å². The molecule has 0 bridgehead atoms. The Kier molecular flexibility index (Phi) is 4.36. The topological polar surface area (TPSA) is 43.4 Å². The molecule has 0 aliphatic carbocycles. The van der Waals surface area contributed by atoms with Gasteiger partial charge in [0.25, 0.3) is 0 Å². The van der Waals surface area contributed by atoms with E-state index in [0.717, 1.165) is 43.9 Å². The van der Waals surface area contributed by atoms with E-state index in [9.17, 15) is 0 Å². The minimum absolute atomic E-state index is 0.652. The zero-order chi connectivity index (χ0) is 14.5. The third-order valence-electron chi connectivity index (χ3n) is 3.68. The Hall–Kier alpha value is -2.07. The molecule has 0 saturated heterocycles. The second-order valence-electron chi connectivity index (χ2n) is 5.18. The number of methoxy groups -OCH3 is 1. The Bertz CT molecular complexity index is 596. The van der Waals surface area contributed by atoms with Crippen LogP contribution in [0.2, 0.25) is 0 Å². The van der Waals surface area contributed by atoms with E-state index < -0.39 is 0 Å². The van der Waals surface area contributed by atoms with Crippen molar-refractivity contribution in [3.05, 3.63) is 53.2 Å². The van der Waals surface area contributed by atoms with Crippen molar-refractivity contribution in [1.82, 2.24) is 10.3 Å². The number of fused-ring (bicyclic) bond motifs is 1. The quantitative estimate of drug-likeness (QED) is 0.827. The molecule has 0 amide bonds. The van der Waals surface area contributed by atoms with Gasteiger partial charge in [0, 0.05) is 25.2 Å². The molecule has 0 radical (unpaired) electrons. The molecule has 3 rings (SSSR count). The average Bonchev–Trinajstić information content (AvgIpc) is 3.00. The van der Waals surface area contributed by atoms with Gasteiger partial charge in [-0.2, -0.15) is 0 Å². The van der Waals surface area contributed by atoms with Crippen molar-refractivity contribution in [3.8, 4) is 11.6 Å². The second kappa shape index (κ2) is 6.59. The summed E-state index contributed by atoms with van der Waals surface area (Å²) in [5.74, 6) is 1.70. The van der Waals surface area contributed by atoms with Crippen molar-refractivity contribution in [2.24, 2.45) is 0 Å². The number of rotatable bonds is 6. The molecule has 21 heavy (non-hydrogen) atoms. The number of nitrogens with zero attached hydrogens (tertiary/aromatic N) is 1. The van der Waals surface area contributed by atoms with Crippen molar-refractivity contribution in [2.75, 3.05) is 20.3 Å². The monoisotopic (exact) mass is 284 g/mol. The Balaban J connectivity index is 1.45. The van der Waals surface area contributed by atoms with Gasteiger partial charge in [0.15, 0.2) is 0 Å². The van der Waals surface area contributed by atoms with E-state index in [2.05, 4.69) is 28.5 Å². The second-order valence-corrected chi connectivity index (χ2v) is 5.18. The Morgan fingerprint density at radius 3 is 2.95 bits per heavy atom. The van der Waals surface area contributed by atoms with Gasteiger partial charge in [-0.1, -0.05) is 18.2 Å². The average molecular weight is 284 g/mol. The molecular weight excluding hydrogens is 264 g/mol. The SMILES string of the molecule is COc1ccc(CNCCc2ccc3c(c2)CCO3)cn1. The predicted octanol–water partition coefficient (Wildman–Crippen LogP) is 2.36. The smallest absolute Gasteiger partial charge is 0.212 e. The van der Waals surface area contributed by atoms with Gasteiger partial charge in [-0.05, 0) is 35.7 Å². The van der Waals surface area contributed by atoms with Crippen molar-refractivity contribution >= 4 is 0 Å². The van der Waals surface area contributed by atoms with Crippen LogP contribution in [0.4, 0.5) is 0 Å². The lowest BCUT2D eigenvalue weighted by Gasteiger charge is -2.07. The van der Waals surface area contributed by atoms with E-state index in [0.29, 0.717) is 5.88 Å². The maximum atomic E-state index is 5.52. The molecule has 4 heteroatoms. The normalized spacial score (nSPS) is 12.8. The van der Waals surface area contributed by atoms with Crippen molar-refractivity contribution in [3.63, 3.8) is 0 Å². The summed E-state index contributed by atoms with van der Waals surface area (Å²) in [6.45, 7) is 2.60. The number of nitrogens with one attached hydrogen (secondary N) is 1. The molecule has 1 aromatic carbocycles. The first-order chi connectivity index (χ1) is 10.3. The molecule has 4 nitrogen and oxygen atoms in total. The minimum Gasteiger partial charge on any atom is -0.493 e. The molecule has 0 fully saturated rings. The van der Waals surface area contributed by atoms with Gasteiger partial charge in [0.1, 0.15) is 5.75 Å². The van der Waals surface area contributed by atoms with Crippen LogP contribution in [-0.4, -0.2) is 25.2 Å². The molecule has 2 aromatic rings. The van der Waals surface area contributed by atoms with Crippen LogP contribution in [0, 0.1) is 0 Å². The summed E-state index contributed by atoms with van der Waals surface area (Å²) in [6.07, 6.45) is 3.91. The number of aromatic nitrogens is 1. The highest BCUT2D eigenvalue weighted by Gasteiger charge is 2.11. The van der Waals surface area contributed by atoms with E-state index in [1.807, 2.05) is 18.3 Å². The first-order valence-electron chi connectivity index (χ1n) is 7.29. The van der Waals surface area contributed by atoms with E-state index in [-0.39, 0.29) is 0 Å². The maximum Gasteiger partial charge on any atom is 0.212 e. The zero-order valence-corrected chi connectivity index (χ0v) is 12.3. The van der Waals surface area contributed by atoms with Gasteiger partial charge in [-0.25, -0.2) is 4.98 Å². The van der Waals surface area contributed by atoms with Crippen molar-refractivity contribution in [2.45, 2.75) is 19.4 Å². The highest BCUT2D eigenvalue weighted by atomic mass is 16.5. The summed E-state index contributed by atoms with van der Waals surface area (Å²) in [5.41, 5.74) is 3.87. The van der Waals surface area contributed by atoms with Gasteiger partial charge >= 0.3 is 0 Å². The predicted molar refractivity (Wildman–Crippen MR) is 81.8 cm³/mol. The van der Waals surface area contributed by atoms with E-state index in [1.54, 1.807) is 7.11 Å². The Labute approximate surface area is 125 Å². The highest BCUT2D eigenvalue weighted by Crippen LogP contribution is 2.25. The number of ether oxygens (including phenoxy) is 2. The number of pyridine rings is 1. The fraction of sp³-hybridized carbons (Fsp3) is 0.353. The maximum absolute atomic E-state index is 5.52. The largest absolute Gasteiger partial charge is 0.493 e. The van der Waals surface area contributed by atoms with E-state index >= 15 is 0 Å². The summed E-state index contributed by atoms with van der Waals surface area (Å²) in [4.78, 5) is 4.20. The standard InChI is InChI=1S/C17H20N2O2/c1-20-17-5-3-14(12-19-17)11-18-8-6-13-2-4-16-15(10-13)7-9-21-16/h2-5,10,12,18H,6-9,11H2,1H3. The summed E-state index contributed by atoms with van der Waals surface area (Å²) < 4.78 is 10.6. The van der Waals surface area contributed by atoms with Crippen LogP contribution in [0.5, 0.6) is 11.6 Å². The lowest BCUT2D eigenvalue weighted by molar-refractivity contribution is 0.357. The minimum atomic E-state index is 0.652. The fourth-order valence-corrected chi connectivity index (χ4v) is 2.50. The molecule has 0 saturated carbocycles. The molecule has 110 valence electrons. The van der Waals surface area contributed by atoms with Crippen LogP contribution in [0.3, 0.4) is 0 Å². The third kappa shape index (κ3) is 3.52.